The molecule has 0 amide bonds. The number of aliphatic hydroxyl groups excluding tert-OH is 1. The van der Waals surface area contributed by atoms with Gasteiger partial charge in [0.15, 0.2) is 5.15 Å². The summed E-state index contributed by atoms with van der Waals surface area (Å²) in [5.41, 5.74) is 2.59. The summed E-state index contributed by atoms with van der Waals surface area (Å²) in [4.78, 5) is 8.58. The maximum absolute atomic E-state index is 9.44. The minimum atomic E-state index is -0.160. The molecule has 3 rings (SSSR count). The first-order valence-corrected chi connectivity index (χ1v) is 8.27. The molecule has 0 aliphatic carbocycles. The van der Waals surface area contributed by atoms with Crippen molar-refractivity contribution in [2.45, 2.75) is 39.7 Å². The third-order valence-corrected chi connectivity index (χ3v) is 4.06. The summed E-state index contributed by atoms with van der Waals surface area (Å²) in [5, 5.41) is 17.6. The van der Waals surface area contributed by atoms with Crippen LogP contribution in [0.1, 0.15) is 38.1 Å². The van der Waals surface area contributed by atoms with Crippen LogP contribution in [0.5, 0.6) is 0 Å². The van der Waals surface area contributed by atoms with Gasteiger partial charge in [-0.1, -0.05) is 25.4 Å². The van der Waals surface area contributed by atoms with Crippen LogP contribution in [0.25, 0.3) is 11.5 Å². The van der Waals surface area contributed by atoms with Gasteiger partial charge >= 0.3 is 0 Å². The maximum atomic E-state index is 9.44. The molecule has 0 fully saturated rings. The number of aromatic nitrogens is 5. The Balaban J connectivity index is 2.30. The summed E-state index contributed by atoms with van der Waals surface area (Å²) in [6, 6.07) is 1.88. The molecular weight excluding hydrogens is 328 g/mol. The third kappa shape index (κ3) is 2.85. The number of aryl methyl sites for hydroxylation is 1. The van der Waals surface area contributed by atoms with Gasteiger partial charge in [0, 0.05) is 24.1 Å². The van der Waals surface area contributed by atoms with E-state index < -0.39 is 0 Å². The smallest absolute Gasteiger partial charge is 0.236 e. The van der Waals surface area contributed by atoms with Crippen molar-refractivity contribution in [2.24, 2.45) is 0 Å². The third-order valence-electron chi connectivity index (χ3n) is 3.80. The van der Waals surface area contributed by atoms with E-state index in [0.717, 1.165) is 11.4 Å². The highest BCUT2D eigenvalue weighted by Gasteiger charge is 2.22. The predicted molar refractivity (Wildman–Crippen MR) is 94.1 cm³/mol. The van der Waals surface area contributed by atoms with Gasteiger partial charge in [0.1, 0.15) is 11.5 Å². The zero-order chi connectivity index (χ0) is 17.4. The van der Waals surface area contributed by atoms with Crippen LogP contribution in [0, 0.1) is 6.92 Å². The van der Waals surface area contributed by atoms with Crippen molar-refractivity contribution < 1.29 is 5.11 Å². The second kappa shape index (κ2) is 6.41. The first-order chi connectivity index (χ1) is 11.4. The van der Waals surface area contributed by atoms with Crippen LogP contribution in [0.2, 0.25) is 5.15 Å². The van der Waals surface area contributed by atoms with Gasteiger partial charge < -0.3 is 10.4 Å². The summed E-state index contributed by atoms with van der Waals surface area (Å²) < 4.78 is 3.63. The van der Waals surface area contributed by atoms with Crippen molar-refractivity contribution in [2.75, 3.05) is 11.9 Å². The molecule has 3 heterocycles. The molecule has 0 aliphatic rings. The molecule has 0 bridgehead atoms. The number of hydrogen-bond acceptors (Lipinski definition) is 5. The Morgan fingerprint density at radius 3 is 2.75 bits per heavy atom. The zero-order valence-corrected chi connectivity index (χ0v) is 14.9. The Morgan fingerprint density at radius 1 is 1.33 bits per heavy atom. The van der Waals surface area contributed by atoms with Gasteiger partial charge in [0.05, 0.1) is 12.3 Å². The van der Waals surface area contributed by atoms with Crippen LogP contribution in [-0.4, -0.2) is 41.9 Å². The highest BCUT2D eigenvalue weighted by atomic mass is 35.5. The number of anilines is 1. The number of halogens is 1. The highest BCUT2D eigenvalue weighted by molar-refractivity contribution is 6.31. The SMILES string of the molecule is Cc1cc(C(C)C)n(-c2c(Cl)nc3nccn3c2NC(C)CO)n1. The fourth-order valence-corrected chi connectivity index (χ4v) is 2.86. The van der Waals surface area contributed by atoms with Crippen molar-refractivity contribution in [1.82, 2.24) is 24.1 Å². The van der Waals surface area contributed by atoms with E-state index in [1.807, 2.05) is 29.0 Å². The largest absolute Gasteiger partial charge is 0.394 e. The number of nitrogens with one attached hydrogen (secondary N) is 1. The summed E-state index contributed by atoms with van der Waals surface area (Å²) in [6.45, 7) is 8.03. The van der Waals surface area contributed by atoms with Crippen LogP contribution >= 0.6 is 11.6 Å². The summed E-state index contributed by atoms with van der Waals surface area (Å²) >= 11 is 6.48. The minimum Gasteiger partial charge on any atom is -0.394 e. The molecule has 128 valence electrons. The van der Waals surface area contributed by atoms with E-state index in [1.54, 1.807) is 12.4 Å². The van der Waals surface area contributed by atoms with Gasteiger partial charge in [-0.15, -0.1) is 0 Å². The van der Waals surface area contributed by atoms with E-state index in [1.165, 1.54) is 0 Å². The first kappa shape index (κ1) is 16.7. The monoisotopic (exact) mass is 348 g/mol. The van der Waals surface area contributed by atoms with Crippen molar-refractivity contribution >= 4 is 23.2 Å². The number of aliphatic hydroxyl groups is 1. The minimum absolute atomic E-state index is 0.00918. The lowest BCUT2D eigenvalue weighted by atomic mass is 10.1. The number of nitrogens with zero attached hydrogens (tertiary/aromatic N) is 5. The molecule has 2 N–H and O–H groups in total. The van der Waals surface area contributed by atoms with Crippen LogP contribution < -0.4 is 5.32 Å². The van der Waals surface area contributed by atoms with Crippen molar-refractivity contribution in [3.05, 3.63) is 35.0 Å². The Morgan fingerprint density at radius 2 is 2.08 bits per heavy atom. The van der Waals surface area contributed by atoms with Crippen LogP contribution in [-0.2, 0) is 0 Å². The molecule has 24 heavy (non-hydrogen) atoms. The number of rotatable bonds is 5. The molecule has 7 nitrogen and oxygen atoms in total. The van der Waals surface area contributed by atoms with Crippen molar-refractivity contribution in [3.63, 3.8) is 0 Å². The van der Waals surface area contributed by atoms with Gasteiger partial charge in [0.25, 0.3) is 0 Å². The van der Waals surface area contributed by atoms with Gasteiger partial charge in [-0.25, -0.2) is 9.67 Å². The molecule has 0 spiro atoms. The van der Waals surface area contributed by atoms with Gasteiger partial charge in [-0.3, -0.25) is 4.40 Å². The molecule has 1 atom stereocenters. The molecule has 0 saturated heterocycles. The summed E-state index contributed by atoms with van der Waals surface area (Å²) in [6.07, 6.45) is 3.47. The van der Waals surface area contributed by atoms with Crippen molar-refractivity contribution in [1.29, 1.82) is 0 Å². The van der Waals surface area contributed by atoms with Gasteiger partial charge in [-0.2, -0.15) is 10.1 Å². The van der Waals surface area contributed by atoms with Gasteiger partial charge in [0.2, 0.25) is 5.78 Å². The lowest BCUT2D eigenvalue weighted by Crippen LogP contribution is -2.23. The summed E-state index contributed by atoms with van der Waals surface area (Å²) in [5.74, 6) is 1.46. The molecule has 0 saturated carbocycles. The Hall–Kier alpha value is -2.12. The molecule has 3 aromatic heterocycles. The first-order valence-electron chi connectivity index (χ1n) is 7.89. The predicted octanol–water partition coefficient (Wildman–Crippen LogP) is 2.79. The average molecular weight is 349 g/mol. The quantitative estimate of drug-likeness (QED) is 0.693. The zero-order valence-electron chi connectivity index (χ0n) is 14.2. The molecule has 3 aromatic rings. The number of imidazole rings is 1. The van der Waals surface area contributed by atoms with E-state index in [0.29, 0.717) is 22.4 Å². The standard InChI is InChI=1S/C16H21ClN6O/c1-9(2)12-7-10(3)21-23(12)13-14(17)20-16-18-5-6-22(16)15(13)19-11(4)8-24/h5-7,9,11,19,24H,8H2,1-4H3. The molecular formula is C16H21ClN6O. The molecule has 0 aliphatic heterocycles. The fraction of sp³-hybridized carbons (Fsp3) is 0.438. The second-order valence-corrected chi connectivity index (χ2v) is 6.56. The Labute approximate surface area is 145 Å². The number of fused-ring (bicyclic) bond motifs is 1. The number of hydrogen-bond donors (Lipinski definition) is 2. The maximum Gasteiger partial charge on any atom is 0.236 e. The molecule has 1 unspecified atom stereocenters. The topological polar surface area (TPSA) is 80.3 Å². The Kier molecular flexibility index (Phi) is 4.47. The molecule has 0 radical (unpaired) electrons. The van der Waals surface area contributed by atoms with Gasteiger partial charge in [-0.05, 0) is 25.8 Å². The van der Waals surface area contributed by atoms with Crippen LogP contribution in [0.15, 0.2) is 18.5 Å². The fourth-order valence-electron chi connectivity index (χ4n) is 2.62. The normalized spacial score (nSPS) is 13.0. The average Bonchev–Trinajstić information content (AvgIpc) is 3.13. The van der Waals surface area contributed by atoms with Crippen LogP contribution in [0.4, 0.5) is 5.82 Å². The lowest BCUT2D eigenvalue weighted by Gasteiger charge is -2.20. The Bertz CT molecular complexity index is 869. The van der Waals surface area contributed by atoms with E-state index in [9.17, 15) is 5.11 Å². The second-order valence-electron chi connectivity index (χ2n) is 6.20. The lowest BCUT2D eigenvalue weighted by molar-refractivity contribution is 0.281. The van der Waals surface area contributed by atoms with E-state index >= 15 is 0 Å². The highest BCUT2D eigenvalue weighted by Crippen LogP contribution is 2.31. The van der Waals surface area contributed by atoms with Crippen molar-refractivity contribution in [3.8, 4) is 5.69 Å². The van der Waals surface area contributed by atoms with Crippen LogP contribution in [0.3, 0.4) is 0 Å². The van der Waals surface area contributed by atoms with E-state index in [4.69, 9.17) is 11.6 Å². The van der Waals surface area contributed by atoms with E-state index in [-0.39, 0.29) is 18.6 Å². The molecule has 8 heteroatoms. The van der Waals surface area contributed by atoms with E-state index in [2.05, 4.69) is 34.2 Å². The molecule has 0 aromatic carbocycles. The summed E-state index contributed by atoms with van der Waals surface area (Å²) in [7, 11) is 0.